The van der Waals surface area contributed by atoms with Gasteiger partial charge in [0.2, 0.25) is 11.8 Å². The van der Waals surface area contributed by atoms with Crippen molar-refractivity contribution in [3.63, 3.8) is 0 Å². The number of ether oxygens (including phenoxy) is 1. The van der Waals surface area contributed by atoms with E-state index in [9.17, 15) is 5.11 Å². The van der Waals surface area contributed by atoms with Crippen LogP contribution in [0.5, 0.6) is 5.88 Å². The van der Waals surface area contributed by atoms with Crippen LogP contribution in [0.3, 0.4) is 0 Å². The van der Waals surface area contributed by atoms with Gasteiger partial charge in [0.1, 0.15) is 5.82 Å². The molecule has 94 valence electrons. The molecule has 2 rings (SSSR count). The normalized spacial score (nSPS) is 20.4. The minimum absolute atomic E-state index is 0.114. The monoisotopic (exact) mass is 238 g/mol. The van der Waals surface area contributed by atoms with Crippen LogP contribution in [0.1, 0.15) is 19.3 Å². The molecule has 0 saturated carbocycles. The number of anilines is 2. The Kier molecular flexibility index (Phi) is 3.63. The molecule has 1 aromatic rings. The van der Waals surface area contributed by atoms with E-state index in [1.54, 1.807) is 13.2 Å². The van der Waals surface area contributed by atoms with Crippen LogP contribution in [-0.4, -0.2) is 41.4 Å². The quantitative estimate of drug-likeness (QED) is 0.794. The summed E-state index contributed by atoms with van der Waals surface area (Å²) in [5.41, 5.74) is 5.64. The first-order chi connectivity index (χ1) is 8.24. The zero-order chi connectivity index (χ0) is 12.3. The molecule has 0 spiro atoms. The number of methoxy groups -OCH3 is 1. The number of nitrogens with two attached hydrogens (primary N) is 1. The van der Waals surface area contributed by atoms with Crippen LogP contribution in [0.4, 0.5) is 11.8 Å². The molecule has 3 N–H and O–H groups in total. The van der Waals surface area contributed by atoms with Gasteiger partial charge in [-0.25, -0.2) is 0 Å². The largest absolute Gasteiger partial charge is 0.481 e. The first-order valence-electron chi connectivity index (χ1n) is 5.80. The predicted octanol–water partition coefficient (Wildman–Crippen LogP) is 0.419. The van der Waals surface area contributed by atoms with Gasteiger partial charge in [0, 0.05) is 12.6 Å². The summed E-state index contributed by atoms with van der Waals surface area (Å²) >= 11 is 0. The maximum atomic E-state index is 9.37. The number of piperidine rings is 1. The molecule has 0 bridgehead atoms. The number of nitrogens with zero attached hydrogens (tertiary/aromatic N) is 3. The predicted molar refractivity (Wildman–Crippen MR) is 65.1 cm³/mol. The highest BCUT2D eigenvalue weighted by Gasteiger charge is 2.23. The first kappa shape index (κ1) is 11.9. The van der Waals surface area contributed by atoms with E-state index in [1.807, 2.05) is 0 Å². The summed E-state index contributed by atoms with van der Waals surface area (Å²) in [6, 6.07) is 1.87. The first-order valence-corrected chi connectivity index (χ1v) is 5.80. The van der Waals surface area contributed by atoms with Crippen LogP contribution in [-0.2, 0) is 0 Å². The van der Waals surface area contributed by atoms with Crippen molar-refractivity contribution < 1.29 is 9.84 Å². The molecule has 6 nitrogen and oxygen atoms in total. The van der Waals surface area contributed by atoms with E-state index in [0.29, 0.717) is 5.88 Å². The summed E-state index contributed by atoms with van der Waals surface area (Å²) in [5.74, 6) is 1.38. The lowest BCUT2D eigenvalue weighted by Gasteiger charge is -2.35. The zero-order valence-electron chi connectivity index (χ0n) is 9.96. The second kappa shape index (κ2) is 5.18. The van der Waals surface area contributed by atoms with Gasteiger partial charge in [-0.3, -0.25) is 0 Å². The van der Waals surface area contributed by atoms with E-state index in [2.05, 4.69) is 14.9 Å². The molecule has 1 fully saturated rings. The minimum Gasteiger partial charge on any atom is -0.481 e. The fourth-order valence-corrected chi connectivity index (χ4v) is 2.17. The molecular formula is C11H18N4O2. The van der Waals surface area contributed by atoms with Crippen LogP contribution in [0.15, 0.2) is 6.07 Å². The maximum Gasteiger partial charge on any atom is 0.225 e. The molecule has 0 amide bonds. The summed E-state index contributed by atoms with van der Waals surface area (Å²) in [4.78, 5) is 10.2. The Bertz CT molecular complexity index is 386. The van der Waals surface area contributed by atoms with E-state index in [4.69, 9.17) is 10.5 Å². The van der Waals surface area contributed by atoms with Gasteiger partial charge in [-0.1, -0.05) is 0 Å². The molecule has 1 aliphatic heterocycles. The Morgan fingerprint density at radius 1 is 1.53 bits per heavy atom. The lowest BCUT2D eigenvalue weighted by atomic mass is 10.0. The van der Waals surface area contributed by atoms with Crippen LogP contribution in [0.2, 0.25) is 0 Å². The van der Waals surface area contributed by atoms with Crippen LogP contribution in [0, 0.1) is 0 Å². The van der Waals surface area contributed by atoms with Crippen molar-refractivity contribution in [2.24, 2.45) is 0 Å². The van der Waals surface area contributed by atoms with Crippen LogP contribution >= 0.6 is 0 Å². The topological polar surface area (TPSA) is 84.5 Å². The van der Waals surface area contributed by atoms with Crippen LogP contribution in [0.25, 0.3) is 0 Å². The molecule has 1 unspecified atom stereocenters. The molecular weight excluding hydrogens is 220 g/mol. The third-order valence-corrected chi connectivity index (χ3v) is 3.05. The SMILES string of the molecule is COc1cc(N2CCCCC2CO)nc(N)n1. The van der Waals surface area contributed by atoms with Gasteiger partial charge in [0.25, 0.3) is 0 Å². The smallest absolute Gasteiger partial charge is 0.225 e. The lowest BCUT2D eigenvalue weighted by Crippen LogP contribution is -2.42. The summed E-state index contributed by atoms with van der Waals surface area (Å²) < 4.78 is 5.08. The Morgan fingerprint density at radius 3 is 3.06 bits per heavy atom. The van der Waals surface area contributed by atoms with Gasteiger partial charge in [0.15, 0.2) is 0 Å². The Labute approximate surface area is 100 Å². The molecule has 1 saturated heterocycles. The van der Waals surface area contributed by atoms with Crippen molar-refractivity contribution in [2.75, 3.05) is 30.9 Å². The summed E-state index contributed by atoms with van der Waals surface area (Å²) in [6.07, 6.45) is 3.21. The minimum atomic E-state index is 0.114. The fourth-order valence-electron chi connectivity index (χ4n) is 2.17. The number of nitrogen functional groups attached to an aromatic ring is 1. The molecule has 1 aliphatic rings. The average molecular weight is 238 g/mol. The highest BCUT2D eigenvalue weighted by atomic mass is 16.5. The molecule has 1 atom stereocenters. The van der Waals surface area contributed by atoms with Gasteiger partial charge in [-0.15, -0.1) is 0 Å². The zero-order valence-corrected chi connectivity index (χ0v) is 9.96. The molecule has 0 radical (unpaired) electrons. The van der Waals surface area contributed by atoms with E-state index in [-0.39, 0.29) is 18.6 Å². The third kappa shape index (κ3) is 2.58. The van der Waals surface area contributed by atoms with Gasteiger partial charge < -0.3 is 20.5 Å². The van der Waals surface area contributed by atoms with Gasteiger partial charge in [-0.05, 0) is 19.3 Å². The van der Waals surface area contributed by atoms with Crippen LogP contribution < -0.4 is 15.4 Å². The van der Waals surface area contributed by atoms with E-state index < -0.39 is 0 Å². The maximum absolute atomic E-state index is 9.37. The second-order valence-corrected chi connectivity index (χ2v) is 4.15. The Hall–Kier alpha value is -1.56. The molecule has 0 aromatic carbocycles. The number of aliphatic hydroxyl groups excluding tert-OH is 1. The molecule has 2 heterocycles. The van der Waals surface area contributed by atoms with Crippen molar-refractivity contribution in [1.82, 2.24) is 9.97 Å². The Balaban J connectivity index is 2.27. The summed E-state index contributed by atoms with van der Waals surface area (Å²) in [5, 5.41) is 9.37. The van der Waals surface area contributed by atoms with E-state index in [1.165, 1.54) is 0 Å². The number of rotatable bonds is 3. The molecule has 1 aromatic heterocycles. The summed E-state index contributed by atoms with van der Waals surface area (Å²) in [6.45, 7) is 1.01. The highest BCUT2D eigenvalue weighted by molar-refractivity contribution is 5.46. The Morgan fingerprint density at radius 2 is 2.35 bits per heavy atom. The fraction of sp³-hybridized carbons (Fsp3) is 0.636. The van der Waals surface area contributed by atoms with Gasteiger partial charge in [0.05, 0.1) is 19.8 Å². The number of aromatic nitrogens is 2. The highest BCUT2D eigenvalue weighted by Crippen LogP contribution is 2.25. The van der Waals surface area contributed by atoms with Crippen molar-refractivity contribution >= 4 is 11.8 Å². The van der Waals surface area contributed by atoms with E-state index >= 15 is 0 Å². The second-order valence-electron chi connectivity index (χ2n) is 4.15. The standard InChI is InChI=1S/C11H18N4O2/c1-17-10-6-9(13-11(12)14-10)15-5-3-2-4-8(15)7-16/h6,8,16H,2-5,7H2,1H3,(H2,12,13,14). The summed E-state index contributed by atoms with van der Waals surface area (Å²) in [7, 11) is 1.55. The van der Waals surface area contributed by atoms with Crippen molar-refractivity contribution in [3.05, 3.63) is 6.07 Å². The van der Waals surface area contributed by atoms with Gasteiger partial charge >= 0.3 is 0 Å². The average Bonchev–Trinajstić information content (AvgIpc) is 2.37. The van der Waals surface area contributed by atoms with Gasteiger partial charge in [-0.2, -0.15) is 9.97 Å². The third-order valence-electron chi connectivity index (χ3n) is 3.05. The molecule has 17 heavy (non-hydrogen) atoms. The molecule has 0 aliphatic carbocycles. The molecule has 6 heteroatoms. The van der Waals surface area contributed by atoms with Crippen molar-refractivity contribution in [2.45, 2.75) is 25.3 Å². The number of aliphatic hydroxyl groups is 1. The van der Waals surface area contributed by atoms with Crippen molar-refractivity contribution in [3.8, 4) is 5.88 Å². The van der Waals surface area contributed by atoms with Crippen molar-refractivity contribution in [1.29, 1.82) is 0 Å². The number of hydrogen-bond donors (Lipinski definition) is 2. The van der Waals surface area contributed by atoms with E-state index in [0.717, 1.165) is 31.6 Å². The lowest BCUT2D eigenvalue weighted by molar-refractivity contribution is 0.239. The number of hydrogen-bond acceptors (Lipinski definition) is 6.